The minimum atomic E-state index is -0.417. The van der Waals surface area contributed by atoms with Crippen molar-refractivity contribution in [2.24, 2.45) is 5.73 Å². The summed E-state index contributed by atoms with van der Waals surface area (Å²) in [6.45, 7) is 4.32. The summed E-state index contributed by atoms with van der Waals surface area (Å²) in [5.41, 5.74) is 12.9. The summed E-state index contributed by atoms with van der Waals surface area (Å²) in [6.07, 6.45) is 0. The molecule has 0 aromatic heterocycles. The van der Waals surface area contributed by atoms with Gasteiger partial charge in [0, 0.05) is 22.7 Å². The Bertz CT molecular complexity index is 454. The number of thioether (sulfide) groups is 1. The molecule has 0 saturated heterocycles. The smallest absolute Gasteiger partial charge is 0.237 e. The highest BCUT2D eigenvalue weighted by molar-refractivity contribution is 8.00. The highest BCUT2D eigenvalue weighted by Gasteiger charge is 2.28. The molecule has 92 valence electrons. The van der Waals surface area contributed by atoms with Gasteiger partial charge in [0.2, 0.25) is 5.91 Å². The lowest BCUT2D eigenvalue weighted by atomic mass is 10.1. The second-order valence-electron chi connectivity index (χ2n) is 4.98. The average molecular weight is 251 g/mol. The molecule has 5 heteroatoms. The Hall–Kier alpha value is -1.20. The number of carbonyl (C=O) groups is 1. The van der Waals surface area contributed by atoms with Gasteiger partial charge in [0.15, 0.2) is 0 Å². The van der Waals surface area contributed by atoms with E-state index in [1.807, 2.05) is 32.0 Å². The third-order valence-corrected chi connectivity index (χ3v) is 3.54. The summed E-state index contributed by atoms with van der Waals surface area (Å²) in [7, 11) is 0. The molecule has 1 heterocycles. The van der Waals surface area contributed by atoms with Gasteiger partial charge in [-0.05, 0) is 32.0 Å². The van der Waals surface area contributed by atoms with Crippen molar-refractivity contribution in [1.29, 1.82) is 0 Å². The first-order chi connectivity index (χ1) is 7.87. The van der Waals surface area contributed by atoms with Crippen LogP contribution in [0.15, 0.2) is 23.1 Å². The summed E-state index contributed by atoms with van der Waals surface area (Å²) in [6, 6.07) is 5.65. The van der Waals surface area contributed by atoms with E-state index < -0.39 is 5.54 Å². The second-order valence-corrected chi connectivity index (χ2v) is 6.00. The zero-order valence-corrected chi connectivity index (χ0v) is 10.9. The predicted molar refractivity (Wildman–Crippen MR) is 72.2 cm³/mol. The van der Waals surface area contributed by atoms with Crippen molar-refractivity contribution in [1.82, 2.24) is 0 Å². The van der Waals surface area contributed by atoms with Gasteiger partial charge in [-0.3, -0.25) is 4.79 Å². The minimum absolute atomic E-state index is 0.0895. The number of nitrogens with two attached hydrogens (primary N) is 2. The molecule has 0 radical (unpaired) electrons. The van der Waals surface area contributed by atoms with E-state index in [-0.39, 0.29) is 5.91 Å². The number of hydrogen-bond acceptors (Lipinski definition) is 4. The van der Waals surface area contributed by atoms with Gasteiger partial charge in [-0.25, -0.2) is 0 Å². The number of rotatable bonds is 2. The van der Waals surface area contributed by atoms with Crippen LogP contribution in [0.25, 0.3) is 0 Å². The molecule has 4 nitrogen and oxygen atoms in total. The molecule has 1 aromatic rings. The Labute approximate surface area is 105 Å². The van der Waals surface area contributed by atoms with E-state index in [0.717, 1.165) is 10.6 Å². The Kier molecular flexibility index (Phi) is 3.05. The largest absolute Gasteiger partial charge is 0.399 e. The van der Waals surface area contributed by atoms with E-state index in [0.29, 0.717) is 18.0 Å². The summed E-state index contributed by atoms with van der Waals surface area (Å²) >= 11 is 1.55. The first-order valence-electron chi connectivity index (χ1n) is 5.48. The van der Waals surface area contributed by atoms with E-state index in [1.54, 1.807) is 16.7 Å². The molecule has 2 rings (SSSR count). The molecule has 4 N–H and O–H groups in total. The first kappa shape index (κ1) is 12.3. The van der Waals surface area contributed by atoms with Crippen LogP contribution in [0.2, 0.25) is 0 Å². The van der Waals surface area contributed by atoms with Crippen molar-refractivity contribution in [2.75, 3.05) is 22.9 Å². The highest BCUT2D eigenvalue weighted by atomic mass is 32.2. The molecule has 0 unspecified atom stereocenters. The SMILES string of the molecule is CC(C)(N)CN1C(=O)CSc2ccc(N)cc21. The fraction of sp³-hybridized carbons (Fsp3) is 0.417. The maximum absolute atomic E-state index is 12.0. The van der Waals surface area contributed by atoms with Crippen molar-refractivity contribution < 1.29 is 4.79 Å². The molecule has 0 spiro atoms. The molecule has 0 atom stereocenters. The number of carbonyl (C=O) groups excluding carboxylic acids is 1. The number of nitrogens with zero attached hydrogens (tertiary/aromatic N) is 1. The van der Waals surface area contributed by atoms with Crippen molar-refractivity contribution >= 4 is 29.0 Å². The van der Waals surface area contributed by atoms with Gasteiger partial charge in [-0.2, -0.15) is 0 Å². The molecule has 0 bridgehead atoms. The highest BCUT2D eigenvalue weighted by Crippen LogP contribution is 2.36. The lowest BCUT2D eigenvalue weighted by molar-refractivity contribution is -0.116. The summed E-state index contributed by atoms with van der Waals surface area (Å²) in [4.78, 5) is 14.8. The summed E-state index contributed by atoms with van der Waals surface area (Å²) in [5, 5.41) is 0. The molecule has 1 aliphatic rings. The van der Waals surface area contributed by atoms with Gasteiger partial charge in [0.25, 0.3) is 0 Å². The third kappa shape index (κ3) is 2.73. The molecule has 0 saturated carbocycles. The molecular formula is C12H17N3OS. The predicted octanol–water partition coefficient (Wildman–Crippen LogP) is 1.44. The molecule has 1 aliphatic heterocycles. The summed E-state index contributed by atoms with van der Waals surface area (Å²) < 4.78 is 0. The van der Waals surface area contributed by atoms with E-state index >= 15 is 0 Å². The van der Waals surface area contributed by atoms with Crippen LogP contribution in [0.4, 0.5) is 11.4 Å². The van der Waals surface area contributed by atoms with Crippen LogP contribution in [-0.4, -0.2) is 23.7 Å². The van der Waals surface area contributed by atoms with Crippen LogP contribution in [0, 0.1) is 0 Å². The second kappa shape index (κ2) is 4.23. The van der Waals surface area contributed by atoms with Gasteiger partial charge in [0.05, 0.1) is 11.4 Å². The Balaban J connectivity index is 2.39. The minimum Gasteiger partial charge on any atom is -0.399 e. The van der Waals surface area contributed by atoms with Crippen molar-refractivity contribution in [2.45, 2.75) is 24.3 Å². The Morgan fingerprint density at radius 2 is 2.18 bits per heavy atom. The van der Waals surface area contributed by atoms with Gasteiger partial charge in [0.1, 0.15) is 0 Å². The average Bonchev–Trinajstić information content (AvgIpc) is 2.21. The van der Waals surface area contributed by atoms with Crippen LogP contribution < -0.4 is 16.4 Å². The van der Waals surface area contributed by atoms with E-state index in [4.69, 9.17) is 11.5 Å². The Morgan fingerprint density at radius 1 is 1.47 bits per heavy atom. The number of benzene rings is 1. The number of hydrogen-bond donors (Lipinski definition) is 2. The van der Waals surface area contributed by atoms with E-state index in [1.165, 1.54) is 0 Å². The topological polar surface area (TPSA) is 72.3 Å². The molecule has 1 aromatic carbocycles. The van der Waals surface area contributed by atoms with E-state index in [2.05, 4.69) is 0 Å². The quantitative estimate of drug-likeness (QED) is 0.780. The monoisotopic (exact) mass is 251 g/mol. The standard InChI is InChI=1S/C12H17N3OS/c1-12(2,14)7-15-9-5-8(13)3-4-10(9)17-6-11(15)16/h3-5H,6-7,13-14H2,1-2H3. The number of amides is 1. The fourth-order valence-electron chi connectivity index (χ4n) is 1.80. The molecular weight excluding hydrogens is 234 g/mol. The van der Waals surface area contributed by atoms with Crippen molar-refractivity contribution in [3.05, 3.63) is 18.2 Å². The molecule has 17 heavy (non-hydrogen) atoms. The molecule has 0 aliphatic carbocycles. The summed E-state index contributed by atoms with van der Waals surface area (Å²) in [5.74, 6) is 0.555. The van der Waals surface area contributed by atoms with Crippen LogP contribution in [-0.2, 0) is 4.79 Å². The van der Waals surface area contributed by atoms with Gasteiger partial charge < -0.3 is 16.4 Å². The first-order valence-corrected chi connectivity index (χ1v) is 6.47. The molecule has 1 amide bonds. The number of fused-ring (bicyclic) bond motifs is 1. The normalized spacial score (nSPS) is 15.9. The fourth-order valence-corrected chi connectivity index (χ4v) is 2.72. The lowest BCUT2D eigenvalue weighted by Gasteiger charge is -2.34. The Morgan fingerprint density at radius 3 is 2.82 bits per heavy atom. The van der Waals surface area contributed by atoms with Crippen LogP contribution in [0.1, 0.15) is 13.8 Å². The van der Waals surface area contributed by atoms with Crippen molar-refractivity contribution in [3.63, 3.8) is 0 Å². The van der Waals surface area contributed by atoms with Gasteiger partial charge >= 0.3 is 0 Å². The maximum atomic E-state index is 12.0. The van der Waals surface area contributed by atoms with E-state index in [9.17, 15) is 4.79 Å². The van der Waals surface area contributed by atoms with Gasteiger partial charge in [-0.1, -0.05) is 0 Å². The number of nitrogen functional groups attached to an aromatic ring is 1. The number of anilines is 2. The maximum Gasteiger partial charge on any atom is 0.237 e. The lowest BCUT2D eigenvalue weighted by Crippen LogP contribution is -2.49. The van der Waals surface area contributed by atoms with Crippen LogP contribution in [0.5, 0.6) is 0 Å². The molecule has 0 fully saturated rings. The van der Waals surface area contributed by atoms with Crippen LogP contribution >= 0.6 is 11.8 Å². The van der Waals surface area contributed by atoms with Crippen LogP contribution in [0.3, 0.4) is 0 Å². The zero-order chi connectivity index (χ0) is 12.6. The zero-order valence-electron chi connectivity index (χ0n) is 10.1. The third-order valence-electron chi connectivity index (χ3n) is 2.49. The van der Waals surface area contributed by atoms with Gasteiger partial charge in [-0.15, -0.1) is 11.8 Å². The van der Waals surface area contributed by atoms with Crippen molar-refractivity contribution in [3.8, 4) is 0 Å².